The predicted octanol–water partition coefficient (Wildman–Crippen LogP) is 14.4. The first-order valence-corrected chi connectivity index (χ1v) is 24.3. The summed E-state index contributed by atoms with van der Waals surface area (Å²) in [6.07, 6.45) is -8.29. The van der Waals surface area contributed by atoms with E-state index >= 15 is 0 Å². The second-order valence-corrected chi connectivity index (χ2v) is 18.7. The second-order valence-electron chi connectivity index (χ2n) is 17.0. The molecule has 388 valence electrons. The van der Waals surface area contributed by atoms with Crippen LogP contribution in [0.4, 0.5) is 26.3 Å². The number of aromatic nitrogens is 8. The number of alkyl halides is 6. The minimum atomic E-state index is -4.58. The van der Waals surface area contributed by atoms with Crippen molar-refractivity contribution in [3.8, 4) is 79.0 Å². The van der Waals surface area contributed by atoms with Gasteiger partial charge < -0.3 is 19.7 Å². The summed E-state index contributed by atoms with van der Waals surface area (Å²) in [6.45, 7) is 2.91. The van der Waals surface area contributed by atoms with Crippen molar-refractivity contribution in [2.45, 2.75) is 38.4 Å². The Morgan fingerprint density at radius 3 is 1.34 bits per heavy atom. The summed E-state index contributed by atoms with van der Waals surface area (Å²) in [7, 11) is 0. The second kappa shape index (κ2) is 22.1. The van der Waals surface area contributed by atoms with E-state index in [9.17, 15) is 36.6 Å². The third-order valence-corrected chi connectivity index (χ3v) is 12.6. The van der Waals surface area contributed by atoms with Gasteiger partial charge in [0.25, 0.3) is 0 Å². The number of hydrogen-bond acceptors (Lipinski definition) is 10. The van der Waals surface area contributed by atoms with Gasteiger partial charge in [-0.3, -0.25) is 9.97 Å². The highest BCUT2D eigenvalue weighted by atomic mass is 35.5. The fraction of sp³-hybridized carbons (Fsp3) is 0.148. The molecule has 0 saturated carbocycles. The predicted molar refractivity (Wildman–Crippen MR) is 279 cm³/mol. The molecule has 0 unspecified atom stereocenters. The van der Waals surface area contributed by atoms with Crippen LogP contribution in [0.3, 0.4) is 0 Å². The number of rotatable bonds is 12. The zero-order valence-electron chi connectivity index (χ0n) is 39.5. The standard InChI is InChI=1S/2C27H19Cl2F3N4O2/c1-15(37)14-38-23-12-21(17-8-11-22(33-13-17)27(30,31)32)36-26(34-23)24(16-6-9-18(28)10-7-16)25(35-36)19-4-2-3-5-20(19)29;1-15(14-37)38-23-12-21(17-8-11-22(33-13-17)27(30,31)32)36-26(34-23)24(16-6-9-18(28)10-7-16)25(35-36)19-4-2-3-5-20(19)29/h2*2-13,15,37H,14H2,1H3/t2*15-/m00/s1. The highest BCUT2D eigenvalue weighted by Crippen LogP contribution is 2.43. The Kier molecular flexibility index (Phi) is 15.6. The number of benzene rings is 4. The topological polar surface area (TPSA) is 145 Å². The van der Waals surface area contributed by atoms with Gasteiger partial charge in [-0.25, -0.2) is 9.03 Å². The van der Waals surface area contributed by atoms with Crippen molar-refractivity contribution in [2.24, 2.45) is 0 Å². The van der Waals surface area contributed by atoms with E-state index < -0.39 is 35.9 Å². The van der Waals surface area contributed by atoms with Crippen molar-refractivity contribution in [1.29, 1.82) is 0 Å². The molecule has 76 heavy (non-hydrogen) atoms. The molecule has 0 saturated heterocycles. The average molecular weight is 1120 g/mol. The molecular weight excluding hydrogens is 1080 g/mol. The fourth-order valence-electron chi connectivity index (χ4n) is 7.86. The number of nitrogens with zero attached hydrogens (tertiary/aromatic N) is 8. The lowest BCUT2D eigenvalue weighted by Gasteiger charge is -2.14. The van der Waals surface area contributed by atoms with Crippen LogP contribution in [0.25, 0.3) is 78.6 Å². The Labute approximate surface area is 448 Å². The van der Waals surface area contributed by atoms with Gasteiger partial charge in [-0.2, -0.15) is 46.5 Å². The summed E-state index contributed by atoms with van der Waals surface area (Å²) in [4.78, 5) is 16.5. The molecule has 0 aliphatic carbocycles. The Morgan fingerprint density at radius 2 is 0.961 bits per heavy atom. The maximum Gasteiger partial charge on any atom is 0.433 e. The van der Waals surface area contributed by atoms with Crippen molar-refractivity contribution in [2.75, 3.05) is 13.2 Å². The van der Waals surface area contributed by atoms with Crippen LogP contribution in [0.2, 0.25) is 20.1 Å². The van der Waals surface area contributed by atoms with Crippen molar-refractivity contribution in [1.82, 2.24) is 39.2 Å². The van der Waals surface area contributed by atoms with Gasteiger partial charge in [0, 0.05) is 56.8 Å². The molecule has 12 nitrogen and oxygen atoms in total. The maximum absolute atomic E-state index is 13.2. The van der Waals surface area contributed by atoms with E-state index in [1.807, 2.05) is 48.5 Å². The van der Waals surface area contributed by atoms with Crippen molar-refractivity contribution < 1.29 is 46.0 Å². The summed E-state index contributed by atoms with van der Waals surface area (Å²) in [6, 6.07) is 36.0. The molecule has 6 aromatic heterocycles. The Morgan fingerprint density at radius 1 is 0.553 bits per heavy atom. The molecule has 0 amide bonds. The molecule has 6 heterocycles. The normalized spacial score (nSPS) is 12.6. The molecule has 22 heteroatoms. The molecule has 0 radical (unpaired) electrons. The molecule has 2 atom stereocenters. The fourth-order valence-corrected chi connectivity index (χ4v) is 8.56. The van der Waals surface area contributed by atoms with E-state index in [2.05, 4.69) is 19.9 Å². The van der Waals surface area contributed by atoms with Gasteiger partial charge in [0.15, 0.2) is 11.3 Å². The molecule has 0 bridgehead atoms. The first kappa shape index (κ1) is 53.5. The molecular formula is C54H38Cl4F6N8O4. The lowest BCUT2D eigenvalue weighted by Crippen LogP contribution is -2.17. The van der Waals surface area contributed by atoms with E-state index in [0.717, 1.165) is 35.7 Å². The maximum atomic E-state index is 13.2. The number of ether oxygens (including phenoxy) is 2. The zero-order chi connectivity index (χ0) is 54.1. The number of pyridine rings is 2. The lowest BCUT2D eigenvalue weighted by molar-refractivity contribution is -0.141. The van der Waals surface area contributed by atoms with Gasteiger partial charge >= 0.3 is 12.4 Å². The van der Waals surface area contributed by atoms with Crippen LogP contribution in [-0.4, -0.2) is 74.8 Å². The summed E-state index contributed by atoms with van der Waals surface area (Å²) < 4.78 is 93.5. The van der Waals surface area contributed by atoms with Gasteiger partial charge in [-0.1, -0.05) is 107 Å². The first-order chi connectivity index (χ1) is 36.3. The summed E-state index contributed by atoms with van der Waals surface area (Å²) in [5.41, 5.74) is 5.09. The van der Waals surface area contributed by atoms with E-state index in [1.165, 1.54) is 27.2 Å². The van der Waals surface area contributed by atoms with Crippen LogP contribution in [-0.2, 0) is 12.4 Å². The average Bonchev–Trinajstić information content (AvgIpc) is 3.97. The van der Waals surface area contributed by atoms with Crippen molar-refractivity contribution >= 4 is 57.7 Å². The molecule has 0 spiro atoms. The van der Waals surface area contributed by atoms with E-state index in [-0.39, 0.29) is 25.0 Å². The van der Waals surface area contributed by atoms with E-state index in [1.54, 1.807) is 68.4 Å². The SMILES string of the molecule is C[C@@H](CO)Oc1cc(-c2ccc(C(F)(F)F)nc2)n2nc(-c3ccccc3Cl)c(-c3ccc(Cl)cc3)c2n1.C[C@H](O)COc1cc(-c2ccc(C(F)(F)F)nc2)n2nc(-c3ccccc3Cl)c(-c3ccc(Cl)cc3)c2n1. The molecule has 4 aromatic carbocycles. The zero-order valence-corrected chi connectivity index (χ0v) is 42.5. The van der Waals surface area contributed by atoms with Crippen LogP contribution < -0.4 is 9.47 Å². The van der Waals surface area contributed by atoms with Crippen LogP contribution in [0.5, 0.6) is 11.8 Å². The van der Waals surface area contributed by atoms with Crippen molar-refractivity contribution in [3.05, 3.63) is 177 Å². The van der Waals surface area contributed by atoms with Gasteiger partial charge in [-0.05, 0) is 85.6 Å². The molecule has 0 aliphatic heterocycles. The minimum absolute atomic E-state index is 0.0460. The smallest absolute Gasteiger partial charge is 0.433 e. The van der Waals surface area contributed by atoms with E-state index in [4.69, 9.17) is 66.1 Å². The first-order valence-electron chi connectivity index (χ1n) is 22.8. The highest BCUT2D eigenvalue weighted by Gasteiger charge is 2.34. The van der Waals surface area contributed by atoms with E-state index in [0.29, 0.717) is 87.5 Å². The van der Waals surface area contributed by atoms with Gasteiger partial charge in [0.05, 0.1) is 45.3 Å². The number of aliphatic hydroxyl groups is 2. The van der Waals surface area contributed by atoms with Gasteiger partial charge in [0.1, 0.15) is 35.5 Å². The third-order valence-electron chi connectivity index (χ3n) is 11.4. The Balaban J connectivity index is 0.000000186. The lowest BCUT2D eigenvalue weighted by atomic mass is 10.0. The summed E-state index contributed by atoms with van der Waals surface area (Å²) >= 11 is 25.4. The largest absolute Gasteiger partial charge is 0.475 e. The highest BCUT2D eigenvalue weighted by molar-refractivity contribution is 6.34. The van der Waals surface area contributed by atoms with Crippen LogP contribution in [0.15, 0.2) is 146 Å². The van der Waals surface area contributed by atoms with Gasteiger partial charge in [-0.15, -0.1) is 0 Å². The Bertz CT molecular complexity index is 3690. The Hall–Kier alpha value is -7.32. The minimum Gasteiger partial charge on any atom is -0.475 e. The molecule has 10 rings (SSSR count). The van der Waals surface area contributed by atoms with Crippen LogP contribution in [0.1, 0.15) is 25.2 Å². The van der Waals surface area contributed by atoms with Crippen LogP contribution >= 0.6 is 46.4 Å². The third kappa shape index (κ3) is 11.6. The number of halogens is 10. The summed E-state index contributed by atoms with van der Waals surface area (Å²) in [5.74, 6) is 0.295. The number of fused-ring (bicyclic) bond motifs is 2. The van der Waals surface area contributed by atoms with Crippen molar-refractivity contribution in [3.63, 3.8) is 0 Å². The van der Waals surface area contributed by atoms with Crippen LogP contribution in [0, 0.1) is 0 Å². The summed E-state index contributed by atoms with van der Waals surface area (Å²) in [5, 5.41) is 30.9. The molecule has 0 aliphatic rings. The number of aliphatic hydroxyl groups excluding tert-OH is 2. The molecule has 0 fully saturated rings. The van der Waals surface area contributed by atoms with Gasteiger partial charge in [0.2, 0.25) is 11.8 Å². The molecule has 2 N–H and O–H groups in total. The monoisotopic (exact) mass is 1120 g/mol. The molecule has 10 aromatic rings. The quantitative estimate of drug-likeness (QED) is 0.113. The number of hydrogen-bond donors (Lipinski definition) is 2.